The van der Waals surface area contributed by atoms with E-state index in [4.69, 9.17) is 0 Å². The summed E-state index contributed by atoms with van der Waals surface area (Å²) in [5, 5.41) is 23.1. The van der Waals surface area contributed by atoms with E-state index < -0.39 is 0 Å². The lowest BCUT2D eigenvalue weighted by molar-refractivity contribution is -1.05. The van der Waals surface area contributed by atoms with E-state index in [1.807, 2.05) is 12.1 Å². The fourth-order valence-electron chi connectivity index (χ4n) is 1.45. The molecule has 0 bridgehead atoms. The van der Waals surface area contributed by atoms with E-state index in [-0.39, 0.29) is 9.70 Å². The number of hydrazine groups is 1. The van der Waals surface area contributed by atoms with Crippen molar-refractivity contribution in [3.05, 3.63) is 82.2 Å². The topological polar surface area (TPSA) is 52.1 Å². The zero-order chi connectivity index (χ0) is 12.8. The SMILES string of the molecule is [O-][N+](=C\c1ccccc1)/[N+]([O-])=C/c1ccccc1. The van der Waals surface area contributed by atoms with Crippen molar-refractivity contribution < 1.29 is 9.70 Å². The lowest BCUT2D eigenvalue weighted by atomic mass is 10.2. The van der Waals surface area contributed by atoms with E-state index in [0.29, 0.717) is 11.1 Å². The highest BCUT2D eigenvalue weighted by atomic mass is 16.7. The quantitative estimate of drug-likeness (QED) is 0.357. The van der Waals surface area contributed by atoms with Crippen LogP contribution in [-0.2, 0) is 0 Å². The Bertz CT molecular complexity index is 509. The van der Waals surface area contributed by atoms with Crippen molar-refractivity contribution in [1.29, 1.82) is 0 Å². The number of hydrogen-bond donors (Lipinski definition) is 0. The van der Waals surface area contributed by atoms with Crippen molar-refractivity contribution in [1.82, 2.24) is 0 Å². The second-order valence-corrected chi connectivity index (χ2v) is 3.68. The first kappa shape index (κ1) is 11.9. The third-order valence-electron chi connectivity index (χ3n) is 2.31. The predicted octanol–water partition coefficient (Wildman–Crippen LogP) is 2.16. The first-order valence-corrected chi connectivity index (χ1v) is 5.48. The van der Waals surface area contributed by atoms with E-state index in [2.05, 4.69) is 0 Å². The maximum Gasteiger partial charge on any atom is 0.260 e. The molecule has 4 nitrogen and oxygen atoms in total. The molecule has 0 atom stereocenters. The third kappa shape index (κ3) is 3.18. The zero-order valence-corrected chi connectivity index (χ0v) is 9.64. The Morgan fingerprint density at radius 3 is 1.28 bits per heavy atom. The van der Waals surface area contributed by atoms with Gasteiger partial charge in [0.25, 0.3) is 12.4 Å². The molecule has 0 N–H and O–H groups in total. The van der Waals surface area contributed by atoms with Crippen LogP contribution >= 0.6 is 0 Å². The molecule has 2 aromatic carbocycles. The molecule has 0 aliphatic rings. The number of hydrazone groups is 2. The molecule has 0 spiro atoms. The van der Waals surface area contributed by atoms with Crippen molar-refractivity contribution in [2.24, 2.45) is 0 Å². The van der Waals surface area contributed by atoms with Crippen LogP contribution in [-0.4, -0.2) is 22.1 Å². The van der Waals surface area contributed by atoms with Gasteiger partial charge < -0.3 is 10.4 Å². The van der Waals surface area contributed by atoms with Gasteiger partial charge in [0.15, 0.2) is 0 Å². The molecular weight excluding hydrogens is 228 g/mol. The van der Waals surface area contributed by atoms with Crippen LogP contribution in [0.3, 0.4) is 0 Å². The first-order chi connectivity index (χ1) is 8.75. The molecule has 0 amide bonds. The molecule has 0 aromatic heterocycles. The summed E-state index contributed by atoms with van der Waals surface area (Å²) in [7, 11) is 0. The molecule has 2 aromatic rings. The van der Waals surface area contributed by atoms with Crippen LogP contribution in [0.1, 0.15) is 11.1 Å². The lowest BCUT2D eigenvalue weighted by Gasteiger charge is -1.99. The van der Waals surface area contributed by atoms with Crippen LogP contribution in [0, 0.1) is 10.4 Å². The monoisotopic (exact) mass is 240 g/mol. The van der Waals surface area contributed by atoms with Gasteiger partial charge in [0.1, 0.15) is 0 Å². The van der Waals surface area contributed by atoms with Gasteiger partial charge in [-0.15, -0.1) is 0 Å². The highest BCUT2D eigenvalue weighted by Gasteiger charge is 2.03. The summed E-state index contributed by atoms with van der Waals surface area (Å²) >= 11 is 0. The molecule has 0 unspecified atom stereocenters. The van der Waals surface area contributed by atoms with Gasteiger partial charge in [-0.25, -0.2) is 0 Å². The number of hydrogen-bond acceptors (Lipinski definition) is 2. The molecule has 90 valence electrons. The molecule has 0 aliphatic carbocycles. The largest absolute Gasteiger partial charge is 0.561 e. The molecule has 0 saturated heterocycles. The molecule has 18 heavy (non-hydrogen) atoms. The highest BCUT2D eigenvalue weighted by molar-refractivity contribution is 5.76. The maximum absolute atomic E-state index is 11.6. The van der Waals surface area contributed by atoms with Crippen LogP contribution in [0.15, 0.2) is 60.7 Å². The second kappa shape index (κ2) is 5.63. The van der Waals surface area contributed by atoms with Gasteiger partial charge in [-0.1, -0.05) is 36.4 Å². The Morgan fingerprint density at radius 1 is 0.611 bits per heavy atom. The van der Waals surface area contributed by atoms with Crippen LogP contribution in [0.4, 0.5) is 0 Å². The number of benzene rings is 2. The van der Waals surface area contributed by atoms with Crippen LogP contribution in [0.25, 0.3) is 0 Å². The van der Waals surface area contributed by atoms with Crippen molar-refractivity contribution in [3.63, 3.8) is 0 Å². The average molecular weight is 240 g/mol. The third-order valence-corrected chi connectivity index (χ3v) is 2.31. The summed E-state index contributed by atoms with van der Waals surface area (Å²) in [5.74, 6) is 0. The predicted molar refractivity (Wildman–Crippen MR) is 70.5 cm³/mol. The standard InChI is InChI=1S/C14H12N2O2/c17-15(11-13-7-3-1-4-8-13)16(18)12-14-9-5-2-6-10-14/h1-12H/b15-11-,16-12-. The van der Waals surface area contributed by atoms with E-state index >= 15 is 0 Å². The molecule has 0 radical (unpaired) electrons. The molecular formula is C14H12N2O2. The maximum atomic E-state index is 11.6. The molecule has 2 rings (SSSR count). The van der Waals surface area contributed by atoms with E-state index in [1.54, 1.807) is 48.5 Å². The van der Waals surface area contributed by atoms with Gasteiger partial charge in [0, 0.05) is 11.1 Å². The van der Waals surface area contributed by atoms with Crippen molar-refractivity contribution >= 4 is 12.4 Å². The summed E-state index contributed by atoms with van der Waals surface area (Å²) in [4.78, 5) is 0.505. The van der Waals surface area contributed by atoms with Crippen LogP contribution in [0.5, 0.6) is 0 Å². The summed E-state index contributed by atoms with van der Waals surface area (Å²) in [6.07, 6.45) is 2.46. The average Bonchev–Trinajstić information content (AvgIpc) is 2.41. The van der Waals surface area contributed by atoms with E-state index in [1.165, 1.54) is 12.4 Å². The zero-order valence-electron chi connectivity index (χ0n) is 9.64. The molecule has 0 aliphatic heterocycles. The summed E-state index contributed by atoms with van der Waals surface area (Å²) < 4.78 is 0. The minimum absolute atomic E-state index is 0.252. The van der Waals surface area contributed by atoms with Gasteiger partial charge in [0.2, 0.25) is 0 Å². The highest BCUT2D eigenvalue weighted by Crippen LogP contribution is 1.96. The Labute approximate surface area is 105 Å². The Morgan fingerprint density at radius 2 is 0.944 bits per heavy atom. The second-order valence-electron chi connectivity index (χ2n) is 3.68. The summed E-state index contributed by atoms with van der Waals surface area (Å²) in [6.45, 7) is 0. The minimum atomic E-state index is 0.252. The van der Waals surface area contributed by atoms with Gasteiger partial charge >= 0.3 is 0 Å². The summed E-state index contributed by atoms with van der Waals surface area (Å²) in [6, 6.07) is 17.9. The normalized spacial score (nSPS) is 12.4. The molecule has 4 heteroatoms. The number of nitrogens with zero attached hydrogens (tertiary/aromatic N) is 2. The van der Waals surface area contributed by atoms with Crippen molar-refractivity contribution in [2.75, 3.05) is 0 Å². The fraction of sp³-hybridized carbons (Fsp3) is 0. The summed E-state index contributed by atoms with van der Waals surface area (Å²) in [5.41, 5.74) is 1.35. The Balaban J connectivity index is 2.21. The fourth-order valence-corrected chi connectivity index (χ4v) is 1.45. The lowest BCUT2D eigenvalue weighted by Crippen LogP contribution is -2.18. The van der Waals surface area contributed by atoms with Gasteiger partial charge in [-0.2, -0.15) is 0 Å². The molecule has 0 saturated carbocycles. The Kier molecular flexibility index (Phi) is 3.71. The first-order valence-electron chi connectivity index (χ1n) is 5.48. The minimum Gasteiger partial charge on any atom is -0.561 e. The van der Waals surface area contributed by atoms with Gasteiger partial charge in [-0.3, -0.25) is 0 Å². The van der Waals surface area contributed by atoms with Crippen LogP contribution < -0.4 is 0 Å². The van der Waals surface area contributed by atoms with Gasteiger partial charge in [-0.05, 0) is 24.3 Å². The van der Waals surface area contributed by atoms with E-state index in [9.17, 15) is 10.4 Å². The van der Waals surface area contributed by atoms with E-state index in [0.717, 1.165) is 0 Å². The molecule has 0 fully saturated rings. The molecule has 0 heterocycles. The van der Waals surface area contributed by atoms with Crippen LogP contribution in [0.2, 0.25) is 0 Å². The Hall–Kier alpha value is -2.62. The smallest absolute Gasteiger partial charge is 0.260 e. The van der Waals surface area contributed by atoms with Crippen molar-refractivity contribution in [3.8, 4) is 0 Å². The van der Waals surface area contributed by atoms with Gasteiger partial charge in [0.05, 0.1) is 9.70 Å². The number of rotatable bonds is 3. The van der Waals surface area contributed by atoms with Crippen molar-refractivity contribution in [2.45, 2.75) is 0 Å².